The molecule has 90 valence electrons. The molecule has 0 radical (unpaired) electrons. The van der Waals surface area contributed by atoms with Crippen molar-refractivity contribution in [2.45, 2.75) is 19.5 Å². The number of anilines is 1. The molecule has 0 saturated carbocycles. The third-order valence-corrected chi connectivity index (χ3v) is 3.10. The number of benzene rings is 1. The number of amides is 3. The second kappa shape index (κ2) is 4.35. The minimum atomic E-state index is -0.659. The minimum Gasteiger partial charge on any atom is -0.310 e. The fourth-order valence-electron chi connectivity index (χ4n) is 1.81. The van der Waals surface area contributed by atoms with E-state index in [1.807, 2.05) is 0 Å². The van der Waals surface area contributed by atoms with Crippen molar-refractivity contribution >= 4 is 29.2 Å². The molecule has 0 spiro atoms. The number of imide groups is 1. The first-order valence-electron chi connectivity index (χ1n) is 5.14. The lowest BCUT2D eigenvalue weighted by molar-refractivity contribution is -0.120. The summed E-state index contributed by atoms with van der Waals surface area (Å²) in [6, 6.07) is 4.70. The Morgan fingerprint density at radius 2 is 2.18 bits per heavy atom. The molecule has 1 unspecified atom stereocenters. The first-order chi connectivity index (χ1) is 8.00. The largest absolute Gasteiger partial charge is 0.329 e. The van der Waals surface area contributed by atoms with Crippen molar-refractivity contribution < 1.29 is 9.59 Å². The molecule has 1 fully saturated rings. The maximum atomic E-state index is 11.7. The lowest BCUT2D eigenvalue weighted by atomic mass is 10.1. The molecule has 1 atom stereocenters. The van der Waals surface area contributed by atoms with Crippen LogP contribution in [0.25, 0.3) is 0 Å². The van der Waals surface area contributed by atoms with Crippen LogP contribution in [-0.2, 0) is 4.79 Å². The van der Waals surface area contributed by atoms with Crippen LogP contribution >= 0.6 is 11.6 Å². The lowest BCUT2D eigenvalue weighted by Gasteiger charge is -2.33. The van der Waals surface area contributed by atoms with E-state index in [1.54, 1.807) is 25.1 Å². The summed E-state index contributed by atoms with van der Waals surface area (Å²) in [4.78, 5) is 24.2. The van der Waals surface area contributed by atoms with Gasteiger partial charge in [-0.15, -0.1) is 0 Å². The highest BCUT2D eigenvalue weighted by Gasteiger charge is 2.32. The quantitative estimate of drug-likeness (QED) is 0.794. The highest BCUT2D eigenvalue weighted by molar-refractivity contribution is 6.31. The SMILES string of the molecule is Cc1c(Cl)cccc1N1C(=O)NC(=O)CC1N. The molecule has 1 aromatic carbocycles. The van der Waals surface area contributed by atoms with E-state index >= 15 is 0 Å². The smallest absolute Gasteiger partial charge is 0.310 e. The van der Waals surface area contributed by atoms with Crippen molar-refractivity contribution in [3.05, 3.63) is 28.8 Å². The van der Waals surface area contributed by atoms with Gasteiger partial charge in [-0.1, -0.05) is 17.7 Å². The minimum absolute atomic E-state index is 0.0810. The Labute approximate surface area is 104 Å². The van der Waals surface area contributed by atoms with Crippen LogP contribution in [0.4, 0.5) is 10.5 Å². The summed E-state index contributed by atoms with van der Waals surface area (Å²) in [6.07, 6.45) is -0.578. The third kappa shape index (κ3) is 2.11. The molecule has 0 bridgehead atoms. The predicted molar refractivity (Wildman–Crippen MR) is 64.8 cm³/mol. The summed E-state index contributed by atoms with van der Waals surface area (Å²) in [6.45, 7) is 1.80. The zero-order valence-corrected chi connectivity index (χ0v) is 9.99. The molecule has 3 N–H and O–H groups in total. The van der Waals surface area contributed by atoms with E-state index in [-0.39, 0.29) is 12.3 Å². The second-order valence-corrected chi connectivity index (χ2v) is 4.29. The fraction of sp³-hybridized carbons (Fsp3) is 0.273. The van der Waals surface area contributed by atoms with E-state index in [1.165, 1.54) is 4.90 Å². The van der Waals surface area contributed by atoms with E-state index in [9.17, 15) is 9.59 Å². The van der Waals surface area contributed by atoms with Crippen LogP contribution in [0.1, 0.15) is 12.0 Å². The van der Waals surface area contributed by atoms with Crippen LogP contribution in [0.15, 0.2) is 18.2 Å². The standard InChI is InChI=1S/C11H12ClN3O2/c1-6-7(12)3-2-4-8(6)15-9(13)5-10(16)14-11(15)17/h2-4,9H,5,13H2,1H3,(H,14,16,17). The van der Waals surface area contributed by atoms with Crippen molar-refractivity contribution in [1.29, 1.82) is 0 Å². The molecule has 2 rings (SSSR count). The molecular formula is C11H12ClN3O2. The molecule has 17 heavy (non-hydrogen) atoms. The zero-order chi connectivity index (χ0) is 12.6. The number of nitrogens with two attached hydrogens (primary N) is 1. The fourth-order valence-corrected chi connectivity index (χ4v) is 1.98. The van der Waals surface area contributed by atoms with Crippen LogP contribution in [-0.4, -0.2) is 18.1 Å². The normalized spacial score (nSPS) is 20.4. The van der Waals surface area contributed by atoms with Gasteiger partial charge in [0.1, 0.15) is 0 Å². The second-order valence-electron chi connectivity index (χ2n) is 3.88. The van der Waals surface area contributed by atoms with Gasteiger partial charge in [-0.05, 0) is 24.6 Å². The zero-order valence-electron chi connectivity index (χ0n) is 9.24. The number of carbonyl (C=O) groups excluding carboxylic acids is 2. The average Bonchev–Trinajstić information content (AvgIpc) is 2.23. The highest BCUT2D eigenvalue weighted by atomic mass is 35.5. The first kappa shape index (κ1) is 11.9. The number of nitrogens with zero attached hydrogens (tertiary/aromatic N) is 1. The van der Waals surface area contributed by atoms with Gasteiger partial charge in [0.05, 0.1) is 18.3 Å². The molecule has 1 saturated heterocycles. The Morgan fingerprint density at radius 3 is 2.82 bits per heavy atom. The number of halogens is 1. The van der Waals surface area contributed by atoms with Crippen LogP contribution < -0.4 is 16.0 Å². The van der Waals surface area contributed by atoms with Crippen molar-refractivity contribution in [3.63, 3.8) is 0 Å². The molecule has 0 aromatic heterocycles. The summed E-state index contributed by atoms with van der Waals surface area (Å²) >= 11 is 5.99. The van der Waals surface area contributed by atoms with E-state index in [4.69, 9.17) is 17.3 Å². The van der Waals surface area contributed by atoms with E-state index in [0.29, 0.717) is 10.7 Å². The number of carbonyl (C=O) groups is 2. The molecule has 3 amide bonds. The van der Waals surface area contributed by atoms with Gasteiger partial charge in [0, 0.05) is 5.02 Å². The molecule has 0 aliphatic carbocycles. The van der Waals surface area contributed by atoms with Gasteiger partial charge < -0.3 is 5.73 Å². The third-order valence-electron chi connectivity index (χ3n) is 2.69. The Morgan fingerprint density at radius 1 is 1.47 bits per heavy atom. The van der Waals surface area contributed by atoms with E-state index in [2.05, 4.69) is 5.32 Å². The Bertz CT molecular complexity index is 490. The summed E-state index contributed by atoms with van der Waals surface area (Å²) in [5, 5.41) is 2.78. The predicted octanol–water partition coefficient (Wildman–Crippen LogP) is 1.38. The number of hydrogen-bond donors (Lipinski definition) is 2. The van der Waals surface area contributed by atoms with Gasteiger partial charge in [0.15, 0.2) is 0 Å². The van der Waals surface area contributed by atoms with Gasteiger partial charge in [0.2, 0.25) is 5.91 Å². The Balaban J connectivity index is 2.42. The van der Waals surface area contributed by atoms with Crippen LogP contribution in [0.2, 0.25) is 5.02 Å². The van der Waals surface area contributed by atoms with E-state index < -0.39 is 12.2 Å². The van der Waals surface area contributed by atoms with Gasteiger partial charge >= 0.3 is 6.03 Å². The Hall–Kier alpha value is -1.59. The van der Waals surface area contributed by atoms with Crippen LogP contribution in [0.3, 0.4) is 0 Å². The lowest BCUT2D eigenvalue weighted by Crippen LogP contribution is -2.58. The maximum Gasteiger partial charge on any atom is 0.329 e. The van der Waals surface area contributed by atoms with Gasteiger partial charge in [0.25, 0.3) is 0 Å². The average molecular weight is 254 g/mol. The van der Waals surface area contributed by atoms with Gasteiger partial charge in [-0.3, -0.25) is 15.0 Å². The number of nitrogens with one attached hydrogen (secondary N) is 1. The molecule has 1 aromatic rings. The van der Waals surface area contributed by atoms with E-state index in [0.717, 1.165) is 5.56 Å². The van der Waals surface area contributed by atoms with Gasteiger partial charge in [-0.2, -0.15) is 0 Å². The molecule has 1 heterocycles. The summed E-state index contributed by atoms with van der Waals surface area (Å²) in [7, 11) is 0. The van der Waals surface area contributed by atoms with Crippen molar-refractivity contribution in [2.24, 2.45) is 5.73 Å². The van der Waals surface area contributed by atoms with Gasteiger partial charge in [-0.25, -0.2) is 4.79 Å². The number of rotatable bonds is 1. The first-order valence-corrected chi connectivity index (χ1v) is 5.52. The number of urea groups is 1. The monoisotopic (exact) mass is 253 g/mol. The topological polar surface area (TPSA) is 75.4 Å². The molecule has 6 heteroatoms. The van der Waals surface area contributed by atoms with Crippen molar-refractivity contribution in [1.82, 2.24) is 5.32 Å². The summed E-state index contributed by atoms with van der Waals surface area (Å²) in [5.74, 6) is -0.363. The molecule has 1 aliphatic rings. The number of hydrogen-bond acceptors (Lipinski definition) is 3. The summed E-state index contributed by atoms with van der Waals surface area (Å²) in [5.41, 5.74) is 7.19. The van der Waals surface area contributed by atoms with Crippen LogP contribution in [0, 0.1) is 6.92 Å². The molecule has 1 aliphatic heterocycles. The van der Waals surface area contributed by atoms with Crippen molar-refractivity contribution in [2.75, 3.05) is 4.90 Å². The summed E-state index contributed by atoms with van der Waals surface area (Å²) < 4.78 is 0. The van der Waals surface area contributed by atoms with Crippen LogP contribution in [0.5, 0.6) is 0 Å². The maximum absolute atomic E-state index is 11.7. The molecular weight excluding hydrogens is 242 g/mol. The van der Waals surface area contributed by atoms with Crippen molar-refractivity contribution in [3.8, 4) is 0 Å². The molecule has 5 nitrogen and oxygen atoms in total. The Kier molecular flexibility index (Phi) is 3.04. The highest BCUT2D eigenvalue weighted by Crippen LogP contribution is 2.28.